The van der Waals surface area contributed by atoms with Crippen molar-refractivity contribution in [2.45, 2.75) is 96.9 Å². The number of carboxylic acids is 1. The average Bonchev–Trinajstić information content (AvgIpc) is 3.11. The maximum Gasteiger partial charge on any atom is 1.00 e. The Kier molecular flexibility index (Phi) is 8.91. The summed E-state index contributed by atoms with van der Waals surface area (Å²) >= 11 is 0. The molecule has 0 spiro atoms. The number of carbonyl (C=O) groups excluding carboxylic acids is 1. The third-order valence-corrected chi connectivity index (χ3v) is 10.8. The Morgan fingerprint density at radius 1 is 1.03 bits per heavy atom. The van der Waals surface area contributed by atoms with Crippen molar-refractivity contribution < 1.29 is 59.6 Å². The Morgan fingerprint density at radius 3 is 2.41 bits per heavy atom. The molecular formula is C26H43NNaO6+. The normalized spacial score (nSPS) is 46.3. The number of fused-ring (bicyclic) bond motifs is 5. The first-order valence-corrected chi connectivity index (χ1v) is 13.0. The Hall–Kier alpha value is -0.180. The summed E-state index contributed by atoms with van der Waals surface area (Å²) in [6.07, 6.45) is 5.86. The van der Waals surface area contributed by atoms with E-state index < -0.39 is 12.1 Å². The molecule has 4 rings (SSSR count). The molecule has 4 aliphatic rings. The summed E-state index contributed by atoms with van der Waals surface area (Å²) in [6.45, 7) is 6.35. The van der Waals surface area contributed by atoms with E-state index in [9.17, 15) is 24.9 Å². The molecular weight excluding hydrogens is 445 g/mol. The summed E-state index contributed by atoms with van der Waals surface area (Å²) in [6, 6.07) is 0. The van der Waals surface area contributed by atoms with Gasteiger partial charge >= 0.3 is 35.5 Å². The van der Waals surface area contributed by atoms with Gasteiger partial charge in [0.2, 0.25) is 5.91 Å². The molecule has 0 unspecified atom stereocenters. The quantitative estimate of drug-likeness (QED) is 0.323. The van der Waals surface area contributed by atoms with E-state index in [-0.39, 0.29) is 94.6 Å². The summed E-state index contributed by atoms with van der Waals surface area (Å²) in [5.41, 5.74) is -0.214. The van der Waals surface area contributed by atoms with Gasteiger partial charge in [-0.05, 0) is 97.7 Å². The summed E-state index contributed by atoms with van der Waals surface area (Å²) in [4.78, 5) is 22.7. The fourth-order valence-electron chi connectivity index (χ4n) is 8.95. The van der Waals surface area contributed by atoms with Crippen molar-refractivity contribution in [1.29, 1.82) is 0 Å². The molecule has 8 heteroatoms. The van der Waals surface area contributed by atoms with Crippen LogP contribution in [0.15, 0.2) is 0 Å². The van der Waals surface area contributed by atoms with Crippen LogP contribution in [0.5, 0.6) is 0 Å². The van der Waals surface area contributed by atoms with Gasteiger partial charge in [0.15, 0.2) is 0 Å². The fourth-order valence-corrected chi connectivity index (χ4v) is 8.95. The maximum atomic E-state index is 12.0. The van der Waals surface area contributed by atoms with Crippen LogP contribution in [0.3, 0.4) is 0 Å². The number of aliphatic hydroxyl groups is 3. The smallest absolute Gasteiger partial charge is 0.480 e. The van der Waals surface area contributed by atoms with Crippen LogP contribution in [0.1, 0.15) is 78.6 Å². The van der Waals surface area contributed by atoms with E-state index in [4.69, 9.17) is 5.11 Å². The summed E-state index contributed by atoms with van der Waals surface area (Å²) in [5.74, 6) is 0.265. The van der Waals surface area contributed by atoms with Gasteiger partial charge in [-0.3, -0.25) is 9.59 Å². The molecule has 0 heterocycles. The van der Waals surface area contributed by atoms with Crippen molar-refractivity contribution in [2.24, 2.45) is 46.3 Å². The van der Waals surface area contributed by atoms with Crippen molar-refractivity contribution in [1.82, 2.24) is 5.32 Å². The van der Waals surface area contributed by atoms with Crippen molar-refractivity contribution in [3.8, 4) is 0 Å². The molecule has 0 aromatic rings. The molecule has 188 valence electrons. The number of aliphatic carboxylic acids is 1. The molecule has 0 aromatic heterocycles. The first-order valence-electron chi connectivity index (χ1n) is 13.0. The van der Waals surface area contributed by atoms with Gasteiger partial charge in [-0.2, -0.15) is 0 Å². The van der Waals surface area contributed by atoms with E-state index in [1.54, 1.807) is 0 Å². The first-order chi connectivity index (χ1) is 15.5. The van der Waals surface area contributed by atoms with Crippen LogP contribution < -0.4 is 34.9 Å². The third-order valence-electron chi connectivity index (χ3n) is 10.8. The van der Waals surface area contributed by atoms with Gasteiger partial charge in [0.1, 0.15) is 6.54 Å². The molecule has 11 atom stereocenters. The van der Waals surface area contributed by atoms with E-state index >= 15 is 0 Å². The van der Waals surface area contributed by atoms with Gasteiger partial charge in [0, 0.05) is 6.42 Å². The number of amides is 1. The van der Waals surface area contributed by atoms with Gasteiger partial charge in [-0.15, -0.1) is 0 Å². The molecule has 1 amide bonds. The number of carbonyl (C=O) groups is 2. The molecule has 7 nitrogen and oxygen atoms in total. The van der Waals surface area contributed by atoms with Crippen LogP contribution in [0.2, 0.25) is 0 Å². The van der Waals surface area contributed by atoms with E-state index in [1.807, 2.05) is 0 Å². The minimum atomic E-state index is -1.04. The van der Waals surface area contributed by atoms with Crippen LogP contribution in [-0.2, 0) is 9.59 Å². The molecule has 4 fully saturated rings. The monoisotopic (exact) mass is 488 g/mol. The minimum Gasteiger partial charge on any atom is -0.480 e. The van der Waals surface area contributed by atoms with Gasteiger partial charge in [-0.1, -0.05) is 20.8 Å². The van der Waals surface area contributed by atoms with E-state index in [0.29, 0.717) is 25.2 Å². The van der Waals surface area contributed by atoms with Gasteiger partial charge in [-0.25, -0.2) is 0 Å². The Bertz CT molecular complexity index is 766. The summed E-state index contributed by atoms with van der Waals surface area (Å²) in [7, 11) is 0. The zero-order valence-corrected chi connectivity index (χ0v) is 23.4. The number of aliphatic hydroxyl groups excluding tert-OH is 3. The van der Waals surface area contributed by atoms with Crippen LogP contribution in [0.25, 0.3) is 0 Å². The van der Waals surface area contributed by atoms with E-state index in [2.05, 4.69) is 26.1 Å². The molecule has 0 aromatic carbocycles. The molecule has 4 aliphatic carbocycles. The SMILES string of the molecule is C[C@H](CCC(=O)NCC(=O)O)[C@H]1CC[C@H]2[C@@H]3[C@H](O)C[C@@H]4C[C@H](O)CC[C@]4(C)[C@H]3C[C@H](O)[C@]12C.[Na+]. The van der Waals surface area contributed by atoms with Crippen molar-refractivity contribution in [3.05, 3.63) is 0 Å². The standard InChI is InChI=1S/C26H43NO6.Na/c1-14(4-7-22(31)27-13-23(32)33)17-5-6-18-24-19(12-21(30)26(17,18)3)25(2)9-8-16(28)10-15(25)11-20(24)29;/h14-21,24,28-30H,4-13H2,1-3H3,(H,27,31)(H,32,33);/q;+1/t14-,15+,16-,17-,18+,19+,20-,21+,24+,25+,26-;/m1./s1. The number of hydrogen-bond donors (Lipinski definition) is 5. The van der Waals surface area contributed by atoms with Crippen molar-refractivity contribution in [3.63, 3.8) is 0 Å². The van der Waals surface area contributed by atoms with Crippen LogP contribution in [0.4, 0.5) is 0 Å². The van der Waals surface area contributed by atoms with Crippen LogP contribution >= 0.6 is 0 Å². The van der Waals surface area contributed by atoms with Crippen LogP contribution in [0, 0.1) is 46.3 Å². The Labute approximate surface area is 225 Å². The molecule has 0 radical (unpaired) electrons. The Balaban J connectivity index is 0.00000324. The molecule has 5 N–H and O–H groups in total. The first kappa shape index (κ1) is 28.4. The average molecular weight is 489 g/mol. The summed E-state index contributed by atoms with van der Waals surface area (Å²) < 4.78 is 0. The second kappa shape index (κ2) is 10.7. The maximum absolute atomic E-state index is 12.0. The zero-order valence-electron chi connectivity index (χ0n) is 21.4. The van der Waals surface area contributed by atoms with Crippen molar-refractivity contribution >= 4 is 11.9 Å². The van der Waals surface area contributed by atoms with Crippen LogP contribution in [-0.4, -0.2) is 57.2 Å². The second-order valence-electron chi connectivity index (χ2n) is 12.2. The van der Waals surface area contributed by atoms with E-state index in [1.165, 1.54) is 0 Å². The van der Waals surface area contributed by atoms with Gasteiger partial charge in [0.05, 0.1) is 18.3 Å². The molecule has 34 heavy (non-hydrogen) atoms. The molecule has 0 saturated heterocycles. The number of hydrogen-bond acceptors (Lipinski definition) is 5. The largest absolute Gasteiger partial charge is 1.00 e. The predicted molar refractivity (Wildman–Crippen MR) is 123 cm³/mol. The predicted octanol–water partition coefficient (Wildman–Crippen LogP) is -0.431. The topological polar surface area (TPSA) is 127 Å². The van der Waals surface area contributed by atoms with Gasteiger partial charge < -0.3 is 25.7 Å². The second-order valence-corrected chi connectivity index (χ2v) is 12.2. The molecule has 0 bridgehead atoms. The third kappa shape index (κ3) is 4.87. The zero-order chi connectivity index (χ0) is 24.1. The Morgan fingerprint density at radius 2 is 1.74 bits per heavy atom. The molecule has 0 aliphatic heterocycles. The summed E-state index contributed by atoms with van der Waals surface area (Å²) in [5, 5.41) is 44.4. The fraction of sp³-hybridized carbons (Fsp3) is 0.923. The minimum absolute atomic E-state index is 0. The van der Waals surface area contributed by atoms with Crippen molar-refractivity contribution in [2.75, 3.05) is 6.54 Å². The number of nitrogens with one attached hydrogen (secondary N) is 1. The molecule has 4 saturated carbocycles. The number of rotatable bonds is 6. The van der Waals surface area contributed by atoms with E-state index in [0.717, 1.165) is 38.5 Å². The van der Waals surface area contributed by atoms with Gasteiger partial charge in [0.25, 0.3) is 0 Å². The number of carboxylic acid groups (broad SMARTS) is 1.